The maximum absolute atomic E-state index is 13.0. The number of rotatable bonds is 6. The molecule has 1 aromatic carbocycles. The number of benzene rings is 1. The fourth-order valence-electron chi connectivity index (χ4n) is 2.87. The summed E-state index contributed by atoms with van der Waals surface area (Å²) in [7, 11) is 0. The van der Waals surface area contributed by atoms with Crippen molar-refractivity contribution in [2.45, 2.75) is 43.9 Å². The first-order valence-electron chi connectivity index (χ1n) is 8.23. The van der Waals surface area contributed by atoms with E-state index in [1.165, 1.54) is 12.1 Å². The second kappa shape index (κ2) is 7.27. The van der Waals surface area contributed by atoms with E-state index in [9.17, 15) is 14.3 Å². The molecule has 1 aliphatic carbocycles. The number of ether oxygens (including phenoxy) is 1. The molecule has 2 unspecified atom stereocenters. The number of amides is 2. The van der Waals surface area contributed by atoms with Crippen LogP contribution in [0.15, 0.2) is 24.3 Å². The van der Waals surface area contributed by atoms with Crippen LogP contribution in [-0.4, -0.2) is 47.9 Å². The average molecular weight is 322 g/mol. The smallest absolute Gasteiger partial charge is 0.317 e. The van der Waals surface area contributed by atoms with Gasteiger partial charge in [-0.25, -0.2) is 9.18 Å². The fraction of sp³-hybridized carbons (Fsp3) is 0.588. The number of aliphatic hydroxyl groups excluding tert-OH is 1. The minimum Gasteiger partial charge on any atom is -0.387 e. The number of hydrogen-bond donors (Lipinski definition) is 2. The van der Waals surface area contributed by atoms with E-state index in [1.807, 2.05) is 0 Å². The summed E-state index contributed by atoms with van der Waals surface area (Å²) in [5.41, 5.74) is 0.615. The molecule has 126 valence electrons. The molecule has 6 heteroatoms. The lowest BCUT2D eigenvalue weighted by atomic mass is 10.1. The predicted octanol–water partition coefficient (Wildman–Crippen LogP) is 2.21. The summed E-state index contributed by atoms with van der Waals surface area (Å²) < 4.78 is 18.5. The van der Waals surface area contributed by atoms with Gasteiger partial charge in [0.05, 0.1) is 18.8 Å². The first-order chi connectivity index (χ1) is 11.1. The summed E-state index contributed by atoms with van der Waals surface area (Å²) in [6, 6.07) is 5.76. The lowest BCUT2D eigenvalue weighted by Crippen LogP contribution is -2.45. The zero-order valence-corrected chi connectivity index (χ0v) is 13.1. The van der Waals surface area contributed by atoms with Gasteiger partial charge in [-0.3, -0.25) is 0 Å². The normalized spacial score (nSPS) is 21.9. The largest absolute Gasteiger partial charge is 0.387 e. The van der Waals surface area contributed by atoms with Gasteiger partial charge >= 0.3 is 6.03 Å². The van der Waals surface area contributed by atoms with Crippen LogP contribution in [0, 0.1) is 5.82 Å². The third-order valence-corrected chi connectivity index (χ3v) is 4.38. The van der Waals surface area contributed by atoms with Gasteiger partial charge in [0.25, 0.3) is 0 Å². The van der Waals surface area contributed by atoms with E-state index in [0.717, 1.165) is 32.3 Å². The Labute approximate surface area is 135 Å². The van der Waals surface area contributed by atoms with Crippen LogP contribution < -0.4 is 5.32 Å². The molecular formula is C17H23FN2O3. The molecule has 2 fully saturated rings. The van der Waals surface area contributed by atoms with Crippen LogP contribution in [0.4, 0.5) is 9.18 Å². The third kappa shape index (κ3) is 4.42. The Morgan fingerprint density at radius 3 is 2.70 bits per heavy atom. The Hall–Kier alpha value is -1.66. The van der Waals surface area contributed by atoms with Gasteiger partial charge in [-0.2, -0.15) is 0 Å². The molecule has 3 rings (SSSR count). The molecule has 1 aliphatic heterocycles. The SMILES string of the molecule is O=C(NCC1CCCO1)N(CC(O)c1ccc(F)cc1)C1CC1. The Morgan fingerprint density at radius 2 is 2.09 bits per heavy atom. The first kappa shape index (κ1) is 16.2. The topological polar surface area (TPSA) is 61.8 Å². The highest BCUT2D eigenvalue weighted by atomic mass is 19.1. The number of urea groups is 1. The van der Waals surface area contributed by atoms with E-state index in [-0.39, 0.29) is 30.5 Å². The van der Waals surface area contributed by atoms with E-state index >= 15 is 0 Å². The summed E-state index contributed by atoms with van der Waals surface area (Å²) in [6.07, 6.45) is 3.22. The molecule has 2 N–H and O–H groups in total. The number of nitrogens with zero attached hydrogens (tertiary/aromatic N) is 1. The molecule has 0 bridgehead atoms. The third-order valence-electron chi connectivity index (χ3n) is 4.38. The lowest BCUT2D eigenvalue weighted by molar-refractivity contribution is 0.100. The van der Waals surface area contributed by atoms with Gasteiger partial charge in [0, 0.05) is 19.2 Å². The van der Waals surface area contributed by atoms with Crippen molar-refractivity contribution >= 4 is 6.03 Å². The van der Waals surface area contributed by atoms with Crippen LogP contribution in [0.25, 0.3) is 0 Å². The first-order valence-corrected chi connectivity index (χ1v) is 8.23. The Balaban J connectivity index is 1.55. The molecule has 2 aliphatic rings. The molecule has 1 saturated heterocycles. The molecule has 0 spiro atoms. The Kier molecular flexibility index (Phi) is 5.13. The molecule has 0 radical (unpaired) electrons. The number of halogens is 1. The Bertz CT molecular complexity index is 527. The molecule has 23 heavy (non-hydrogen) atoms. The van der Waals surface area contributed by atoms with Gasteiger partial charge in [-0.1, -0.05) is 12.1 Å². The van der Waals surface area contributed by atoms with Gasteiger partial charge in [0.1, 0.15) is 5.82 Å². The number of hydrogen-bond acceptors (Lipinski definition) is 3. The van der Waals surface area contributed by atoms with Crippen molar-refractivity contribution in [1.82, 2.24) is 10.2 Å². The van der Waals surface area contributed by atoms with E-state index in [2.05, 4.69) is 5.32 Å². The predicted molar refractivity (Wildman–Crippen MR) is 83.5 cm³/mol. The number of carbonyl (C=O) groups is 1. The molecule has 1 aromatic rings. The van der Waals surface area contributed by atoms with E-state index in [1.54, 1.807) is 17.0 Å². The highest BCUT2D eigenvalue weighted by Gasteiger charge is 2.34. The van der Waals surface area contributed by atoms with Crippen molar-refractivity contribution in [2.24, 2.45) is 0 Å². The summed E-state index contributed by atoms with van der Waals surface area (Å²) in [6.45, 7) is 1.48. The van der Waals surface area contributed by atoms with Crippen molar-refractivity contribution in [3.63, 3.8) is 0 Å². The summed E-state index contributed by atoms with van der Waals surface area (Å²) in [5, 5.41) is 13.2. The monoisotopic (exact) mass is 322 g/mol. The molecule has 1 heterocycles. The second-order valence-electron chi connectivity index (χ2n) is 6.27. The zero-order chi connectivity index (χ0) is 16.2. The van der Waals surface area contributed by atoms with Crippen LogP contribution >= 0.6 is 0 Å². The van der Waals surface area contributed by atoms with Crippen LogP contribution in [-0.2, 0) is 4.74 Å². The van der Waals surface area contributed by atoms with Crippen LogP contribution in [0.2, 0.25) is 0 Å². The fourth-order valence-corrected chi connectivity index (χ4v) is 2.87. The minimum atomic E-state index is -0.815. The van der Waals surface area contributed by atoms with Crippen molar-refractivity contribution in [3.8, 4) is 0 Å². The van der Waals surface area contributed by atoms with Crippen LogP contribution in [0.5, 0.6) is 0 Å². The van der Waals surface area contributed by atoms with Crippen LogP contribution in [0.1, 0.15) is 37.4 Å². The highest BCUT2D eigenvalue weighted by molar-refractivity contribution is 5.75. The van der Waals surface area contributed by atoms with Crippen molar-refractivity contribution in [1.29, 1.82) is 0 Å². The summed E-state index contributed by atoms with van der Waals surface area (Å²) >= 11 is 0. The van der Waals surface area contributed by atoms with E-state index in [0.29, 0.717) is 12.1 Å². The molecule has 5 nitrogen and oxygen atoms in total. The van der Waals surface area contributed by atoms with E-state index < -0.39 is 6.10 Å². The van der Waals surface area contributed by atoms with Gasteiger partial charge in [-0.05, 0) is 43.4 Å². The highest BCUT2D eigenvalue weighted by Crippen LogP contribution is 2.29. The molecule has 0 aromatic heterocycles. The molecular weight excluding hydrogens is 299 g/mol. The Morgan fingerprint density at radius 1 is 1.35 bits per heavy atom. The van der Waals surface area contributed by atoms with Gasteiger partial charge in [0.2, 0.25) is 0 Å². The zero-order valence-electron chi connectivity index (χ0n) is 13.1. The average Bonchev–Trinajstić information content (AvgIpc) is 3.26. The van der Waals surface area contributed by atoms with Gasteiger partial charge in [0.15, 0.2) is 0 Å². The molecule has 1 saturated carbocycles. The standard InChI is InChI=1S/C17H23FN2O3/c18-13-5-3-12(4-6-13)16(21)11-20(14-7-8-14)17(22)19-10-15-2-1-9-23-15/h3-6,14-16,21H,1-2,7-11H2,(H,19,22). The lowest BCUT2D eigenvalue weighted by Gasteiger charge is -2.26. The summed E-state index contributed by atoms with van der Waals surface area (Å²) in [4.78, 5) is 14.1. The van der Waals surface area contributed by atoms with Gasteiger partial charge in [-0.15, -0.1) is 0 Å². The second-order valence-corrected chi connectivity index (χ2v) is 6.27. The maximum atomic E-state index is 13.0. The summed E-state index contributed by atoms with van der Waals surface area (Å²) in [5.74, 6) is -0.339. The molecule has 2 amide bonds. The van der Waals surface area contributed by atoms with Crippen molar-refractivity contribution < 1.29 is 19.0 Å². The van der Waals surface area contributed by atoms with Gasteiger partial charge < -0.3 is 20.1 Å². The number of aliphatic hydroxyl groups is 1. The number of nitrogens with one attached hydrogen (secondary N) is 1. The quantitative estimate of drug-likeness (QED) is 0.844. The minimum absolute atomic E-state index is 0.0991. The van der Waals surface area contributed by atoms with E-state index in [4.69, 9.17) is 4.74 Å². The number of carbonyl (C=O) groups excluding carboxylic acids is 1. The van der Waals surface area contributed by atoms with Crippen LogP contribution in [0.3, 0.4) is 0 Å². The van der Waals surface area contributed by atoms with Crippen molar-refractivity contribution in [2.75, 3.05) is 19.7 Å². The van der Waals surface area contributed by atoms with Crippen molar-refractivity contribution in [3.05, 3.63) is 35.6 Å². The molecule has 2 atom stereocenters. The maximum Gasteiger partial charge on any atom is 0.317 e.